The van der Waals surface area contributed by atoms with Crippen LogP contribution in [0.15, 0.2) is 0 Å². The molecule has 0 unspecified atom stereocenters. The molecule has 2 N–H and O–H groups in total. The molecule has 0 radical (unpaired) electrons. The largest absolute Gasteiger partial charge is 0.394 e. The Hall–Kier alpha value is 0.210. The molecule has 3 heteroatoms. The highest BCUT2D eigenvalue weighted by Crippen LogP contribution is 2.15. The Morgan fingerprint density at radius 3 is 1.94 bits per heavy atom. The van der Waals surface area contributed by atoms with Gasteiger partial charge in [-0.2, -0.15) is 0 Å². The first-order chi connectivity index (χ1) is 7.72. The smallest absolute Gasteiger partial charge is 0.0933 e. The van der Waals surface area contributed by atoms with Gasteiger partial charge in [-0.1, -0.05) is 58.3 Å². The Bertz CT molecular complexity index is 142. The van der Waals surface area contributed by atoms with Gasteiger partial charge in [-0.15, -0.1) is 11.6 Å². The molecular formula is C13H27ClO2. The minimum Gasteiger partial charge on any atom is -0.394 e. The van der Waals surface area contributed by atoms with Gasteiger partial charge in [0.25, 0.3) is 0 Å². The quantitative estimate of drug-likeness (QED) is 0.435. The average molecular weight is 251 g/mol. The topological polar surface area (TPSA) is 40.5 Å². The van der Waals surface area contributed by atoms with Crippen LogP contribution in [0.5, 0.6) is 0 Å². The van der Waals surface area contributed by atoms with Crippen molar-refractivity contribution in [3.05, 3.63) is 0 Å². The van der Waals surface area contributed by atoms with E-state index in [0.29, 0.717) is 0 Å². The molecule has 2 nitrogen and oxygen atoms in total. The second-order valence-electron chi connectivity index (χ2n) is 4.53. The van der Waals surface area contributed by atoms with Gasteiger partial charge < -0.3 is 10.2 Å². The monoisotopic (exact) mass is 250 g/mol. The second kappa shape index (κ2) is 11.7. The van der Waals surface area contributed by atoms with E-state index < -0.39 is 6.10 Å². The lowest BCUT2D eigenvalue weighted by atomic mass is 10.1. The first-order valence-corrected chi connectivity index (χ1v) is 7.09. The van der Waals surface area contributed by atoms with Crippen LogP contribution in [-0.2, 0) is 0 Å². The van der Waals surface area contributed by atoms with Gasteiger partial charge in [-0.3, -0.25) is 0 Å². The molecule has 0 aliphatic carbocycles. The molecule has 0 heterocycles. The van der Waals surface area contributed by atoms with Crippen LogP contribution >= 0.6 is 11.6 Å². The van der Waals surface area contributed by atoms with Crippen molar-refractivity contribution in [2.24, 2.45) is 0 Å². The third-order valence-corrected chi connectivity index (χ3v) is 3.45. The van der Waals surface area contributed by atoms with E-state index in [9.17, 15) is 5.11 Å². The Morgan fingerprint density at radius 2 is 1.44 bits per heavy atom. The predicted molar refractivity (Wildman–Crippen MR) is 70.0 cm³/mol. The van der Waals surface area contributed by atoms with Crippen molar-refractivity contribution in [3.63, 3.8) is 0 Å². The first kappa shape index (κ1) is 16.2. The summed E-state index contributed by atoms with van der Waals surface area (Å²) in [5.41, 5.74) is 0. The van der Waals surface area contributed by atoms with Crippen LogP contribution in [0.2, 0.25) is 0 Å². The fraction of sp³-hybridized carbons (Fsp3) is 1.00. The van der Waals surface area contributed by atoms with Gasteiger partial charge >= 0.3 is 0 Å². The van der Waals surface area contributed by atoms with Crippen molar-refractivity contribution >= 4 is 11.6 Å². The minimum atomic E-state index is -0.758. The van der Waals surface area contributed by atoms with Gasteiger partial charge in [-0.05, 0) is 6.42 Å². The Morgan fingerprint density at radius 1 is 0.938 bits per heavy atom. The van der Waals surface area contributed by atoms with Crippen LogP contribution in [0.25, 0.3) is 0 Å². The van der Waals surface area contributed by atoms with E-state index in [-0.39, 0.29) is 12.0 Å². The Kier molecular flexibility index (Phi) is 11.8. The molecular weight excluding hydrogens is 224 g/mol. The van der Waals surface area contributed by atoms with E-state index >= 15 is 0 Å². The van der Waals surface area contributed by atoms with Crippen molar-refractivity contribution < 1.29 is 10.2 Å². The van der Waals surface area contributed by atoms with Crippen molar-refractivity contribution in [1.29, 1.82) is 0 Å². The molecule has 0 rings (SSSR count). The van der Waals surface area contributed by atoms with Crippen molar-refractivity contribution in [2.75, 3.05) is 6.61 Å². The summed E-state index contributed by atoms with van der Waals surface area (Å²) in [6.45, 7) is 2.00. The van der Waals surface area contributed by atoms with E-state index in [4.69, 9.17) is 16.7 Å². The lowest BCUT2D eigenvalue weighted by Gasteiger charge is -2.13. The molecule has 0 aliphatic heterocycles. The summed E-state index contributed by atoms with van der Waals surface area (Å²) in [7, 11) is 0. The molecule has 0 spiro atoms. The van der Waals surface area contributed by atoms with Crippen molar-refractivity contribution in [2.45, 2.75) is 76.2 Å². The van der Waals surface area contributed by atoms with Gasteiger partial charge in [0.1, 0.15) is 0 Å². The first-order valence-electron chi connectivity index (χ1n) is 6.65. The highest BCUT2D eigenvalue weighted by atomic mass is 35.5. The summed E-state index contributed by atoms with van der Waals surface area (Å²) in [5.74, 6) is 0. The molecule has 0 fully saturated rings. The van der Waals surface area contributed by atoms with Gasteiger partial charge in [-0.25, -0.2) is 0 Å². The summed E-state index contributed by atoms with van der Waals surface area (Å²) in [6.07, 6.45) is 10.2. The molecule has 0 aliphatic rings. The molecule has 0 aromatic carbocycles. The van der Waals surface area contributed by atoms with Crippen LogP contribution in [0.1, 0.15) is 64.7 Å². The van der Waals surface area contributed by atoms with E-state index in [1.807, 2.05) is 0 Å². The summed E-state index contributed by atoms with van der Waals surface area (Å²) in [6, 6.07) is 0. The molecule has 98 valence electrons. The fourth-order valence-corrected chi connectivity index (χ4v) is 2.01. The molecule has 16 heavy (non-hydrogen) atoms. The van der Waals surface area contributed by atoms with Crippen LogP contribution in [0.3, 0.4) is 0 Å². The number of hydrogen-bond donors (Lipinski definition) is 2. The van der Waals surface area contributed by atoms with Crippen LogP contribution in [-0.4, -0.2) is 28.3 Å². The number of alkyl halides is 1. The van der Waals surface area contributed by atoms with Gasteiger partial charge in [0.05, 0.1) is 18.1 Å². The third kappa shape index (κ3) is 9.44. The molecule has 0 aromatic rings. The summed E-state index contributed by atoms with van der Waals surface area (Å²) >= 11 is 5.90. The molecule has 0 saturated heterocycles. The van der Waals surface area contributed by atoms with E-state index in [2.05, 4.69) is 6.92 Å². The number of rotatable bonds is 11. The zero-order valence-corrected chi connectivity index (χ0v) is 11.3. The van der Waals surface area contributed by atoms with Crippen LogP contribution in [0, 0.1) is 0 Å². The summed E-state index contributed by atoms with van der Waals surface area (Å²) in [4.78, 5) is 0. The maximum absolute atomic E-state index is 9.24. The zero-order chi connectivity index (χ0) is 12.2. The SMILES string of the molecule is CCCCCCCCCC[C@H](Cl)[C@@H](O)CO. The summed E-state index contributed by atoms with van der Waals surface area (Å²) in [5, 5.41) is 17.7. The van der Waals surface area contributed by atoms with Gasteiger partial charge in [0.2, 0.25) is 0 Å². The van der Waals surface area contributed by atoms with Crippen molar-refractivity contribution in [3.8, 4) is 0 Å². The van der Waals surface area contributed by atoms with Crippen LogP contribution < -0.4 is 0 Å². The maximum Gasteiger partial charge on any atom is 0.0933 e. The summed E-state index contributed by atoms with van der Waals surface area (Å²) < 4.78 is 0. The maximum atomic E-state index is 9.24. The highest BCUT2D eigenvalue weighted by molar-refractivity contribution is 6.21. The van der Waals surface area contributed by atoms with Gasteiger partial charge in [0, 0.05) is 0 Å². The van der Waals surface area contributed by atoms with E-state index in [0.717, 1.165) is 12.8 Å². The van der Waals surface area contributed by atoms with E-state index in [1.165, 1.54) is 44.9 Å². The normalized spacial score (nSPS) is 15.0. The lowest BCUT2D eigenvalue weighted by Crippen LogP contribution is -2.24. The number of unbranched alkanes of at least 4 members (excludes halogenated alkanes) is 7. The Labute approximate surface area is 105 Å². The van der Waals surface area contributed by atoms with Gasteiger partial charge in [0.15, 0.2) is 0 Å². The highest BCUT2D eigenvalue weighted by Gasteiger charge is 2.14. The molecule has 0 saturated carbocycles. The third-order valence-electron chi connectivity index (χ3n) is 2.94. The number of halogens is 1. The molecule has 0 aromatic heterocycles. The standard InChI is InChI=1S/C13H27ClO2/c1-2-3-4-5-6-7-8-9-10-12(14)13(16)11-15/h12-13,15-16H,2-11H2,1H3/t12-,13-/m0/s1. The molecule has 0 bridgehead atoms. The predicted octanol–water partition coefficient (Wildman–Crippen LogP) is 3.48. The molecule has 0 amide bonds. The number of aliphatic hydroxyl groups is 2. The Balaban J connectivity index is 3.14. The zero-order valence-electron chi connectivity index (χ0n) is 10.5. The lowest BCUT2D eigenvalue weighted by molar-refractivity contribution is 0.0890. The number of aliphatic hydroxyl groups excluding tert-OH is 2. The fourth-order valence-electron chi connectivity index (χ4n) is 1.78. The average Bonchev–Trinajstić information content (AvgIpc) is 2.31. The number of hydrogen-bond acceptors (Lipinski definition) is 2. The second-order valence-corrected chi connectivity index (χ2v) is 5.09. The van der Waals surface area contributed by atoms with E-state index in [1.54, 1.807) is 0 Å². The molecule has 2 atom stereocenters. The van der Waals surface area contributed by atoms with Crippen molar-refractivity contribution in [1.82, 2.24) is 0 Å². The van der Waals surface area contributed by atoms with Crippen LogP contribution in [0.4, 0.5) is 0 Å². The minimum absolute atomic E-state index is 0.231.